The smallest absolute Gasteiger partial charge is 0.107 e. The van der Waals surface area contributed by atoms with Crippen molar-refractivity contribution in [1.82, 2.24) is 9.88 Å². The van der Waals surface area contributed by atoms with E-state index in [1.807, 2.05) is 0 Å². The number of nitrogens with zero attached hydrogens (tertiary/aromatic N) is 2. The molecule has 1 fully saturated rings. The molecule has 0 aliphatic carbocycles. The fraction of sp³-hybridized carbons (Fsp3) is 0.769. The van der Waals surface area contributed by atoms with Crippen LogP contribution in [0, 0.1) is 0 Å². The lowest BCUT2D eigenvalue weighted by Gasteiger charge is -2.17. The van der Waals surface area contributed by atoms with Gasteiger partial charge in [0, 0.05) is 18.5 Å². The van der Waals surface area contributed by atoms with Crippen LogP contribution in [-0.4, -0.2) is 30.1 Å². The molecule has 1 saturated heterocycles. The topological polar surface area (TPSA) is 51.4 Å². The summed E-state index contributed by atoms with van der Waals surface area (Å²) in [6.07, 6.45) is 5.38. The number of aromatic nitrogens is 1. The van der Waals surface area contributed by atoms with Crippen molar-refractivity contribution in [3.8, 4) is 0 Å². The first kappa shape index (κ1) is 13.9. The molecule has 18 heavy (non-hydrogen) atoms. The van der Waals surface area contributed by atoms with Crippen LogP contribution in [0.2, 0.25) is 0 Å². The van der Waals surface area contributed by atoms with E-state index in [1.165, 1.54) is 48.7 Å². The van der Waals surface area contributed by atoms with Crippen LogP contribution in [-0.2, 0) is 24.4 Å². The molecule has 0 atom stereocenters. The van der Waals surface area contributed by atoms with Crippen molar-refractivity contribution in [2.75, 3.05) is 20.2 Å². The SMILES string of the molecule is COCc1nc(CN2CCCCCC2)sc1CN. The molecule has 1 aromatic rings. The molecule has 5 heteroatoms. The molecule has 0 aromatic carbocycles. The van der Waals surface area contributed by atoms with Gasteiger partial charge in [0.2, 0.25) is 0 Å². The van der Waals surface area contributed by atoms with E-state index in [0.29, 0.717) is 13.2 Å². The molecule has 1 aliphatic rings. The highest BCUT2D eigenvalue weighted by Crippen LogP contribution is 2.21. The zero-order valence-corrected chi connectivity index (χ0v) is 12.0. The molecule has 1 aromatic heterocycles. The van der Waals surface area contributed by atoms with E-state index in [0.717, 1.165) is 12.2 Å². The van der Waals surface area contributed by atoms with Gasteiger partial charge in [-0.05, 0) is 25.9 Å². The first-order valence-electron chi connectivity index (χ1n) is 6.72. The molecule has 0 spiro atoms. The number of nitrogens with two attached hydrogens (primary N) is 1. The summed E-state index contributed by atoms with van der Waals surface area (Å²) in [5.41, 5.74) is 6.78. The zero-order chi connectivity index (χ0) is 12.8. The number of likely N-dealkylation sites (tertiary alicyclic amines) is 1. The Morgan fingerprint density at radius 1 is 1.28 bits per heavy atom. The molecule has 0 saturated carbocycles. The Kier molecular flexibility index (Phi) is 5.56. The van der Waals surface area contributed by atoms with Crippen molar-refractivity contribution in [3.05, 3.63) is 15.6 Å². The maximum atomic E-state index is 5.75. The highest BCUT2D eigenvalue weighted by atomic mass is 32.1. The number of thiazole rings is 1. The van der Waals surface area contributed by atoms with Crippen molar-refractivity contribution >= 4 is 11.3 Å². The first-order valence-corrected chi connectivity index (χ1v) is 7.54. The summed E-state index contributed by atoms with van der Waals surface area (Å²) in [5, 5.41) is 1.18. The van der Waals surface area contributed by atoms with Gasteiger partial charge in [-0.2, -0.15) is 0 Å². The van der Waals surface area contributed by atoms with Gasteiger partial charge < -0.3 is 10.5 Å². The van der Waals surface area contributed by atoms with Crippen molar-refractivity contribution < 1.29 is 4.74 Å². The molecule has 0 unspecified atom stereocenters. The predicted molar refractivity (Wildman–Crippen MR) is 74.5 cm³/mol. The third kappa shape index (κ3) is 3.75. The van der Waals surface area contributed by atoms with Crippen LogP contribution in [0.15, 0.2) is 0 Å². The minimum atomic E-state index is 0.566. The van der Waals surface area contributed by atoms with E-state index in [1.54, 1.807) is 18.4 Å². The fourth-order valence-electron chi connectivity index (χ4n) is 2.40. The minimum Gasteiger partial charge on any atom is -0.378 e. The largest absolute Gasteiger partial charge is 0.378 e. The predicted octanol–water partition coefficient (Wildman–Crippen LogP) is 2.12. The fourth-order valence-corrected chi connectivity index (χ4v) is 3.39. The molecule has 2 rings (SSSR count). The quantitative estimate of drug-likeness (QED) is 0.889. The highest BCUT2D eigenvalue weighted by Gasteiger charge is 2.14. The number of rotatable bonds is 5. The second-order valence-corrected chi connectivity index (χ2v) is 5.97. The molecule has 0 radical (unpaired) electrons. The van der Waals surface area contributed by atoms with E-state index >= 15 is 0 Å². The maximum absolute atomic E-state index is 5.75. The van der Waals surface area contributed by atoms with Gasteiger partial charge in [0.15, 0.2) is 0 Å². The second kappa shape index (κ2) is 7.19. The van der Waals surface area contributed by atoms with Crippen molar-refractivity contribution in [2.45, 2.75) is 45.4 Å². The third-order valence-corrected chi connectivity index (χ3v) is 4.45. The summed E-state index contributed by atoms with van der Waals surface area (Å²) in [6.45, 7) is 4.52. The summed E-state index contributed by atoms with van der Waals surface area (Å²) in [4.78, 5) is 8.35. The first-order chi connectivity index (χ1) is 8.83. The van der Waals surface area contributed by atoms with Crippen molar-refractivity contribution in [1.29, 1.82) is 0 Å². The summed E-state index contributed by atoms with van der Waals surface area (Å²) in [6, 6.07) is 0. The van der Waals surface area contributed by atoms with E-state index in [2.05, 4.69) is 9.88 Å². The molecular weight excluding hydrogens is 246 g/mol. The second-order valence-electron chi connectivity index (χ2n) is 4.80. The lowest BCUT2D eigenvalue weighted by molar-refractivity contribution is 0.181. The van der Waals surface area contributed by atoms with Gasteiger partial charge in [-0.25, -0.2) is 4.98 Å². The summed E-state index contributed by atoms with van der Waals surface area (Å²) in [5.74, 6) is 0. The third-order valence-electron chi connectivity index (χ3n) is 3.35. The Morgan fingerprint density at radius 3 is 2.61 bits per heavy atom. The Hall–Kier alpha value is -0.490. The van der Waals surface area contributed by atoms with Crippen molar-refractivity contribution in [2.24, 2.45) is 5.73 Å². The van der Waals surface area contributed by atoms with Gasteiger partial charge in [-0.15, -0.1) is 11.3 Å². The summed E-state index contributed by atoms with van der Waals surface area (Å²) in [7, 11) is 1.70. The van der Waals surface area contributed by atoms with Crippen LogP contribution < -0.4 is 5.73 Å². The molecular formula is C13H23N3OS. The van der Waals surface area contributed by atoms with E-state index in [4.69, 9.17) is 10.5 Å². The van der Waals surface area contributed by atoms with E-state index < -0.39 is 0 Å². The highest BCUT2D eigenvalue weighted by molar-refractivity contribution is 7.11. The van der Waals surface area contributed by atoms with Gasteiger partial charge in [-0.1, -0.05) is 12.8 Å². The minimum absolute atomic E-state index is 0.566. The number of hydrogen-bond donors (Lipinski definition) is 1. The monoisotopic (exact) mass is 269 g/mol. The zero-order valence-electron chi connectivity index (χ0n) is 11.2. The van der Waals surface area contributed by atoms with Crippen LogP contribution in [0.5, 0.6) is 0 Å². The molecule has 4 nitrogen and oxygen atoms in total. The Balaban J connectivity index is 1.99. The number of hydrogen-bond acceptors (Lipinski definition) is 5. The normalized spacial score (nSPS) is 17.9. The molecule has 0 bridgehead atoms. The lowest BCUT2D eigenvalue weighted by Crippen LogP contribution is -2.23. The summed E-state index contributed by atoms with van der Waals surface area (Å²) < 4.78 is 5.17. The van der Waals surface area contributed by atoms with Crippen LogP contribution in [0.4, 0.5) is 0 Å². The number of methoxy groups -OCH3 is 1. The van der Waals surface area contributed by atoms with Gasteiger partial charge >= 0.3 is 0 Å². The van der Waals surface area contributed by atoms with Gasteiger partial charge in [0.1, 0.15) is 5.01 Å². The lowest BCUT2D eigenvalue weighted by atomic mass is 10.2. The van der Waals surface area contributed by atoms with Gasteiger partial charge in [-0.3, -0.25) is 4.90 Å². The number of ether oxygens (including phenoxy) is 1. The van der Waals surface area contributed by atoms with Crippen molar-refractivity contribution in [3.63, 3.8) is 0 Å². The van der Waals surface area contributed by atoms with Crippen LogP contribution in [0.3, 0.4) is 0 Å². The Labute approximate surface area is 113 Å². The van der Waals surface area contributed by atoms with Crippen LogP contribution in [0.1, 0.15) is 41.3 Å². The standard InChI is InChI=1S/C13H23N3OS/c1-17-10-11-12(8-14)18-13(15-11)9-16-6-4-2-3-5-7-16/h2-10,14H2,1H3. The Morgan fingerprint density at radius 2 is 2.00 bits per heavy atom. The molecule has 2 N–H and O–H groups in total. The van der Waals surface area contributed by atoms with E-state index in [9.17, 15) is 0 Å². The molecule has 102 valence electrons. The maximum Gasteiger partial charge on any atom is 0.107 e. The average molecular weight is 269 g/mol. The Bertz CT molecular complexity index is 359. The molecule has 1 aliphatic heterocycles. The molecule has 0 amide bonds. The molecule has 2 heterocycles. The van der Waals surface area contributed by atoms with Gasteiger partial charge in [0.05, 0.1) is 18.8 Å². The van der Waals surface area contributed by atoms with Crippen LogP contribution in [0.25, 0.3) is 0 Å². The summed E-state index contributed by atoms with van der Waals surface area (Å²) >= 11 is 1.74. The van der Waals surface area contributed by atoms with Gasteiger partial charge in [0.25, 0.3) is 0 Å². The van der Waals surface area contributed by atoms with E-state index in [-0.39, 0.29) is 0 Å². The van der Waals surface area contributed by atoms with Crippen LogP contribution >= 0.6 is 11.3 Å². The average Bonchev–Trinajstić information content (AvgIpc) is 2.58.